The van der Waals surface area contributed by atoms with E-state index in [1.807, 2.05) is 84.1 Å². The van der Waals surface area contributed by atoms with E-state index in [0.29, 0.717) is 17.5 Å². The standard InChI is InChI=1S/C43H25N3OS/c1-3-13-26(14-4-1)41-44-42(27-15-5-2-6-16-27)46-43(45-41)33-22-12-23-36-38(33)32-21-11-20-30(39(32)47-36)34-25-35-29-18-9-10-24-37(29)48-40(35)31-19-8-7-17-28(31)34/h1-25H. The Morgan fingerprint density at radius 1 is 0.417 bits per heavy atom. The number of aromatic nitrogens is 3. The first-order chi connectivity index (χ1) is 23.8. The van der Waals surface area contributed by atoms with Crippen molar-refractivity contribution < 1.29 is 4.42 Å². The lowest BCUT2D eigenvalue weighted by molar-refractivity contribution is 0.670. The molecule has 0 amide bonds. The van der Waals surface area contributed by atoms with Crippen molar-refractivity contribution in [1.29, 1.82) is 0 Å². The summed E-state index contributed by atoms with van der Waals surface area (Å²) in [6, 6.07) is 52.5. The summed E-state index contributed by atoms with van der Waals surface area (Å²) in [4.78, 5) is 15.0. The number of benzene rings is 7. The highest BCUT2D eigenvalue weighted by Gasteiger charge is 2.21. The molecule has 0 atom stereocenters. The second-order valence-corrected chi connectivity index (χ2v) is 13.0. The third kappa shape index (κ3) is 4.18. The molecule has 0 fully saturated rings. The Labute approximate surface area is 279 Å². The molecule has 0 aliphatic rings. The van der Waals surface area contributed by atoms with Gasteiger partial charge in [-0.15, -0.1) is 11.3 Å². The molecule has 10 aromatic rings. The highest BCUT2D eigenvalue weighted by atomic mass is 32.1. The fraction of sp³-hybridized carbons (Fsp3) is 0. The van der Waals surface area contributed by atoms with Crippen molar-refractivity contribution in [3.05, 3.63) is 152 Å². The Morgan fingerprint density at radius 3 is 1.75 bits per heavy atom. The zero-order valence-electron chi connectivity index (χ0n) is 25.6. The van der Waals surface area contributed by atoms with Crippen molar-refractivity contribution >= 4 is 64.2 Å². The number of hydrogen-bond donors (Lipinski definition) is 0. The van der Waals surface area contributed by atoms with Crippen LogP contribution in [0.3, 0.4) is 0 Å². The molecular weight excluding hydrogens is 607 g/mol. The quantitative estimate of drug-likeness (QED) is 0.194. The van der Waals surface area contributed by atoms with Gasteiger partial charge in [0.25, 0.3) is 0 Å². The van der Waals surface area contributed by atoms with Crippen LogP contribution in [-0.2, 0) is 0 Å². The van der Waals surface area contributed by atoms with Crippen LogP contribution < -0.4 is 0 Å². The van der Waals surface area contributed by atoms with E-state index in [2.05, 4.69) is 78.9 Å². The first-order valence-electron chi connectivity index (χ1n) is 15.9. The second-order valence-electron chi connectivity index (χ2n) is 11.9. The van der Waals surface area contributed by atoms with Gasteiger partial charge in [-0.3, -0.25) is 0 Å². The van der Waals surface area contributed by atoms with Crippen LogP contribution in [0.1, 0.15) is 0 Å². The number of rotatable bonds is 4. The Morgan fingerprint density at radius 2 is 1.00 bits per heavy atom. The lowest BCUT2D eigenvalue weighted by atomic mass is 9.94. The molecular formula is C43H25N3OS. The number of thiophene rings is 1. The molecule has 7 aromatic carbocycles. The van der Waals surface area contributed by atoms with Crippen LogP contribution in [0.4, 0.5) is 0 Å². The second kappa shape index (κ2) is 10.7. The highest BCUT2D eigenvalue weighted by Crippen LogP contribution is 2.46. The van der Waals surface area contributed by atoms with Gasteiger partial charge in [-0.2, -0.15) is 0 Å². The molecule has 224 valence electrons. The van der Waals surface area contributed by atoms with Gasteiger partial charge >= 0.3 is 0 Å². The molecule has 3 heterocycles. The van der Waals surface area contributed by atoms with E-state index in [0.717, 1.165) is 49.8 Å². The van der Waals surface area contributed by atoms with Crippen LogP contribution >= 0.6 is 11.3 Å². The van der Waals surface area contributed by atoms with Gasteiger partial charge in [0.15, 0.2) is 17.5 Å². The fourth-order valence-corrected chi connectivity index (χ4v) is 8.17. The maximum atomic E-state index is 6.79. The SMILES string of the molecule is c1ccc(-c2nc(-c3ccccc3)nc(-c3cccc4oc5c(-c6cc7c8ccccc8sc7c7ccccc67)cccc5c34)n2)cc1. The summed E-state index contributed by atoms with van der Waals surface area (Å²) >= 11 is 1.86. The molecule has 0 saturated carbocycles. The Kier molecular flexibility index (Phi) is 6.01. The number of para-hydroxylation sites is 1. The van der Waals surface area contributed by atoms with Crippen molar-refractivity contribution in [3.63, 3.8) is 0 Å². The van der Waals surface area contributed by atoms with E-state index in [1.165, 1.54) is 30.9 Å². The van der Waals surface area contributed by atoms with Crippen LogP contribution in [0.25, 0.3) is 98.2 Å². The molecule has 10 rings (SSSR count). The van der Waals surface area contributed by atoms with E-state index in [-0.39, 0.29) is 0 Å². The van der Waals surface area contributed by atoms with Crippen molar-refractivity contribution in [1.82, 2.24) is 15.0 Å². The molecule has 0 unspecified atom stereocenters. The van der Waals surface area contributed by atoms with E-state index < -0.39 is 0 Å². The van der Waals surface area contributed by atoms with Gasteiger partial charge in [0, 0.05) is 58.6 Å². The summed E-state index contributed by atoms with van der Waals surface area (Å²) in [6.07, 6.45) is 0. The van der Waals surface area contributed by atoms with Crippen LogP contribution in [0.2, 0.25) is 0 Å². The Bertz CT molecular complexity index is 2780. The zero-order chi connectivity index (χ0) is 31.6. The molecule has 0 aliphatic heterocycles. The minimum Gasteiger partial charge on any atom is -0.455 e. The predicted molar refractivity (Wildman–Crippen MR) is 199 cm³/mol. The monoisotopic (exact) mass is 631 g/mol. The van der Waals surface area contributed by atoms with E-state index in [4.69, 9.17) is 19.4 Å². The van der Waals surface area contributed by atoms with Crippen LogP contribution in [0.15, 0.2) is 156 Å². The van der Waals surface area contributed by atoms with Gasteiger partial charge in [0.05, 0.1) is 0 Å². The molecule has 0 spiro atoms. The third-order valence-corrected chi connectivity index (χ3v) is 10.4. The maximum Gasteiger partial charge on any atom is 0.164 e. The van der Waals surface area contributed by atoms with Crippen LogP contribution in [0.5, 0.6) is 0 Å². The van der Waals surface area contributed by atoms with Crippen LogP contribution in [-0.4, -0.2) is 15.0 Å². The smallest absolute Gasteiger partial charge is 0.164 e. The lowest BCUT2D eigenvalue weighted by Gasteiger charge is -2.10. The van der Waals surface area contributed by atoms with Gasteiger partial charge < -0.3 is 4.42 Å². The highest BCUT2D eigenvalue weighted by molar-refractivity contribution is 7.26. The largest absolute Gasteiger partial charge is 0.455 e. The number of hydrogen-bond acceptors (Lipinski definition) is 5. The minimum atomic E-state index is 0.609. The van der Waals surface area contributed by atoms with E-state index in [9.17, 15) is 0 Å². The van der Waals surface area contributed by atoms with E-state index in [1.54, 1.807) is 0 Å². The van der Waals surface area contributed by atoms with Gasteiger partial charge in [-0.1, -0.05) is 133 Å². The third-order valence-electron chi connectivity index (χ3n) is 9.14. The van der Waals surface area contributed by atoms with Crippen molar-refractivity contribution in [2.75, 3.05) is 0 Å². The summed E-state index contributed by atoms with van der Waals surface area (Å²) in [5.74, 6) is 1.87. The predicted octanol–water partition coefficient (Wildman–Crippen LogP) is 12.0. The Hall–Kier alpha value is -6.17. The Balaban J connectivity index is 1.24. The summed E-state index contributed by atoms with van der Waals surface area (Å²) in [5.41, 5.74) is 6.65. The maximum absolute atomic E-state index is 6.79. The van der Waals surface area contributed by atoms with Crippen molar-refractivity contribution in [2.24, 2.45) is 0 Å². The van der Waals surface area contributed by atoms with Crippen molar-refractivity contribution in [3.8, 4) is 45.3 Å². The van der Waals surface area contributed by atoms with Gasteiger partial charge in [-0.05, 0) is 29.1 Å². The molecule has 0 saturated heterocycles. The molecule has 0 bridgehead atoms. The molecule has 0 N–H and O–H groups in total. The van der Waals surface area contributed by atoms with Gasteiger partial charge in [0.2, 0.25) is 0 Å². The number of furan rings is 1. The summed E-state index contributed by atoms with van der Waals surface area (Å²) in [7, 11) is 0. The topological polar surface area (TPSA) is 51.8 Å². The number of nitrogens with zero attached hydrogens (tertiary/aromatic N) is 3. The summed E-state index contributed by atoms with van der Waals surface area (Å²) in [6.45, 7) is 0. The first-order valence-corrected chi connectivity index (χ1v) is 16.8. The molecule has 5 heteroatoms. The van der Waals surface area contributed by atoms with Gasteiger partial charge in [-0.25, -0.2) is 15.0 Å². The lowest BCUT2D eigenvalue weighted by Crippen LogP contribution is -2.00. The van der Waals surface area contributed by atoms with E-state index >= 15 is 0 Å². The molecule has 0 aliphatic carbocycles. The van der Waals surface area contributed by atoms with Gasteiger partial charge in [0.1, 0.15) is 11.2 Å². The number of fused-ring (bicyclic) bond motifs is 8. The van der Waals surface area contributed by atoms with Crippen molar-refractivity contribution in [2.45, 2.75) is 0 Å². The molecule has 3 aromatic heterocycles. The summed E-state index contributed by atoms with van der Waals surface area (Å²) < 4.78 is 9.40. The normalized spacial score (nSPS) is 11.8. The average molecular weight is 632 g/mol. The fourth-order valence-electron chi connectivity index (χ4n) is 6.94. The summed E-state index contributed by atoms with van der Waals surface area (Å²) in [5, 5.41) is 7.03. The zero-order valence-corrected chi connectivity index (χ0v) is 26.4. The van der Waals surface area contributed by atoms with Crippen LogP contribution in [0, 0.1) is 0 Å². The molecule has 0 radical (unpaired) electrons. The first kappa shape index (κ1) is 27.0. The molecule has 48 heavy (non-hydrogen) atoms. The minimum absolute atomic E-state index is 0.609. The average Bonchev–Trinajstić information content (AvgIpc) is 3.74. The molecule has 4 nitrogen and oxygen atoms in total.